The number of phenolic OH excluding ortho intramolecular Hbond substituents is 2. The fraction of sp³-hybridized carbons (Fsp3) is 0.300. The molecule has 1 heterocycles. The average molecular weight is 440 g/mol. The molecule has 9 heteroatoms. The van der Waals surface area contributed by atoms with Crippen molar-refractivity contribution in [1.29, 1.82) is 0 Å². The maximum absolute atomic E-state index is 14.4. The van der Waals surface area contributed by atoms with E-state index in [9.17, 15) is 19.4 Å². The van der Waals surface area contributed by atoms with Crippen molar-refractivity contribution in [1.82, 2.24) is 0 Å². The molecule has 0 saturated heterocycles. The molecule has 156 valence electrons. The van der Waals surface area contributed by atoms with E-state index in [1.165, 1.54) is 36.0 Å². The molecule has 5 N–H and O–H groups in total. The number of carbonyl (C=O) groups is 1. The minimum Gasteiger partial charge on any atom is -0.504 e. The van der Waals surface area contributed by atoms with Crippen molar-refractivity contribution < 1.29 is 19.4 Å². The van der Waals surface area contributed by atoms with Gasteiger partial charge in [-0.25, -0.2) is 4.39 Å². The first-order valence-corrected chi connectivity index (χ1v) is 9.84. The van der Waals surface area contributed by atoms with Gasteiger partial charge in [0.2, 0.25) is 5.91 Å². The maximum atomic E-state index is 14.4. The molecule has 6 nitrogen and oxygen atoms in total. The number of nitrogens with zero attached hydrogens (tertiary/aromatic N) is 1. The van der Waals surface area contributed by atoms with E-state index in [-0.39, 0.29) is 42.1 Å². The van der Waals surface area contributed by atoms with Gasteiger partial charge in [0.25, 0.3) is 0 Å². The molecule has 1 aliphatic heterocycles. The highest BCUT2D eigenvalue weighted by Gasteiger charge is 2.32. The van der Waals surface area contributed by atoms with Gasteiger partial charge in [-0.1, -0.05) is 17.8 Å². The van der Waals surface area contributed by atoms with E-state index >= 15 is 0 Å². The first kappa shape index (κ1) is 22.8. The Bertz CT molecular complexity index is 941. The highest BCUT2D eigenvalue weighted by molar-refractivity contribution is 8.13. The van der Waals surface area contributed by atoms with Crippen molar-refractivity contribution in [2.75, 3.05) is 11.1 Å². The number of aromatic hydroxyl groups is 2. The number of aryl methyl sites for hydroxylation is 1. The zero-order valence-electron chi connectivity index (χ0n) is 15.8. The predicted octanol–water partition coefficient (Wildman–Crippen LogP) is 3.90. The Morgan fingerprint density at radius 3 is 2.72 bits per heavy atom. The Balaban J connectivity index is 0.00000300. The van der Waals surface area contributed by atoms with Crippen molar-refractivity contribution in [3.63, 3.8) is 0 Å². The van der Waals surface area contributed by atoms with Crippen LogP contribution in [0.2, 0.25) is 0 Å². The number of benzene rings is 2. The lowest BCUT2D eigenvalue weighted by Crippen LogP contribution is -2.29. The topological polar surface area (TPSA) is 108 Å². The standard InChI is InChI=1S/C20H22FN3O3S.ClH/c1-20(8-9-28-19(22)24-20)14-11-13(4-5-15(14)21)23-18(27)7-3-12-2-6-16(25)17(26)10-12;/h2,4-6,10-11,25-26H,3,7-9H2,1H3,(H2,22,24)(H,23,27);1H/t20-;/m0./s1. The van der Waals surface area contributed by atoms with Crippen LogP contribution in [0.4, 0.5) is 10.1 Å². The van der Waals surface area contributed by atoms with Gasteiger partial charge in [-0.2, -0.15) is 0 Å². The molecular weight excluding hydrogens is 417 g/mol. The van der Waals surface area contributed by atoms with Crippen LogP contribution in [-0.4, -0.2) is 27.0 Å². The lowest BCUT2D eigenvalue weighted by Gasteiger charge is -2.30. The number of amides is 1. The van der Waals surface area contributed by atoms with Gasteiger partial charge in [-0.3, -0.25) is 9.79 Å². The van der Waals surface area contributed by atoms with Crippen LogP contribution in [0.1, 0.15) is 30.9 Å². The largest absolute Gasteiger partial charge is 0.504 e. The number of carbonyl (C=O) groups excluding carboxylic acids is 1. The molecule has 0 bridgehead atoms. The van der Waals surface area contributed by atoms with Gasteiger partial charge in [-0.05, 0) is 55.7 Å². The van der Waals surface area contributed by atoms with Crippen LogP contribution in [0.15, 0.2) is 41.4 Å². The van der Waals surface area contributed by atoms with Crippen molar-refractivity contribution in [2.45, 2.75) is 31.7 Å². The van der Waals surface area contributed by atoms with Crippen LogP contribution < -0.4 is 11.1 Å². The minimum atomic E-state index is -0.760. The summed E-state index contributed by atoms with van der Waals surface area (Å²) in [7, 11) is 0. The van der Waals surface area contributed by atoms with E-state index < -0.39 is 5.54 Å². The lowest BCUT2D eigenvalue weighted by atomic mass is 9.89. The third kappa shape index (κ3) is 5.55. The summed E-state index contributed by atoms with van der Waals surface area (Å²) in [5, 5.41) is 22.0. The Hall–Kier alpha value is -2.45. The molecule has 29 heavy (non-hydrogen) atoms. The number of thioether (sulfide) groups is 1. The molecule has 0 unspecified atom stereocenters. The Morgan fingerprint density at radius 2 is 2.03 bits per heavy atom. The fourth-order valence-electron chi connectivity index (χ4n) is 3.10. The number of amidine groups is 1. The highest BCUT2D eigenvalue weighted by Crippen LogP contribution is 2.37. The number of hydrogen-bond donors (Lipinski definition) is 4. The second-order valence-corrected chi connectivity index (χ2v) is 8.00. The number of anilines is 1. The fourth-order valence-corrected chi connectivity index (χ4v) is 4.08. The highest BCUT2D eigenvalue weighted by atomic mass is 35.5. The Labute approximate surface area is 178 Å². The molecule has 2 aromatic rings. The third-order valence-corrected chi connectivity index (χ3v) is 5.50. The molecule has 0 aromatic heterocycles. The first-order valence-electron chi connectivity index (χ1n) is 8.86. The van der Waals surface area contributed by atoms with Crippen LogP contribution in [0.5, 0.6) is 11.5 Å². The van der Waals surface area contributed by atoms with E-state index in [1.807, 2.05) is 6.92 Å². The van der Waals surface area contributed by atoms with E-state index in [1.54, 1.807) is 12.1 Å². The molecule has 0 spiro atoms. The van der Waals surface area contributed by atoms with Gasteiger partial charge >= 0.3 is 0 Å². The molecule has 0 saturated carbocycles. The summed E-state index contributed by atoms with van der Waals surface area (Å²) in [5.74, 6) is -0.299. The molecule has 0 fully saturated rings. The normalized spacial score (nSPS) is 18.5. The minimum absolute atomic E-state index is 0. The number of nitrogens with one attached hydrogen (secondary N) is 1. The average Bonchev–Trinajstić information content (AvgIpc) is 2.64. The molecular formula is C20H23ClFN3O3S. The molecule has 1 atom stereocenters. The van der Waals surface area contributed by atoms with Crippen LogP contribution in [0.25, 0.3) is 0 Å². The summed E-state index contributed by atoms with van der Waals surface area (Å²) < 4.78 is 14.4. The number of rotatable bonds is 5. The van der Waals surface area contributed by atoms with Gasteiger partial charge in [0.1, 0.15) is 5.82 Å². The molecule has 2 aromatic carbocycles. The van der Waals surface area contributed by atoms with E-state index in [4.69, 9.17) is 5.73 Å². The Kier molecular flexibility index (Phi) is 7.37. The molecule has 3 rings (SSSR count). The summed E-state index contributed by atoms with van der Waals surface area (Å²) >= 11 is 1.44. The summed E-state index contributed by atoms with van der Waals surface area (Å²) in [5.41, 5.74) is 6.67. The summed E-state index contributed by atoms with van der Waals surface area (Å²) in [6.45, 7) is 1.83. The lowest BCUT2D eigenvalue weighted by molar-refractivity contribution is -0.116. The zero-order chi connectivity index (χ0) is 20.3. The van der Waals surface area contributed by atoms with Gasteiger partial charge in [0, 0.05) is 23.4 Å². The van der Waals surface area contributed by atoms with E-state index in [0.717, 1.165) is 11.3 Å². The smallest absolute Gasteiger partial charge is 0.224 e. The van der Waals surface area contributed by atoms with Crippen LogP contribution in [0, 0.1) is 5.82 Å². The predicted molar refractivity (Wildman–Crippen MR) is 116 cm³/mol. The number of aliphatic imine (C=N–C) groups is 1. The van der Waals surface area contributed by atoms with Crippen molar-refractivity contribution in [3.05, 3.63) is 53.3 Å². The number of nitrogens with two attached hydrogens (primary N) is 1. The number of halogens is 2. The van der Waals surface area contributed by atoms with Gasteiger partial charge < -0.3 is 21.3 Å². The van der Waals surface area contributed by atoms with Crippen molar-refractivity contribution in [3.8, 4) is 11.5 Å². The second-order valence-electron chi connectivity index (χ2n) is 6.89. The number of phenols is 2. The monoisotopic (exact) mass is 439 g/mol. The summed E-state index contributed by atoms with van der Waals surface area (Å²) in [4.78, 5) is 16.7. The van der Waals surface area contributed by atoms with Crippen LogP contribution in [-0.2, 0) is 16.8 Å². The maximum Gasteiger partial charge on any atom is 0.224 e. The second kappa shape index (κ2) is 9.37. The SMILES string of the molecule is C[C@@]1(c2cc(NC(=O)CCc3ccc(O)c(O)c3)ccc2F)CCSC(N)=N1.Cl. The van der Waals surface area contributed by atoms with E-state index in [2.05, 4.69) is 10.3 Å². The quantitative estimate of drug-likeness (QED) is 0.528. The molecule has 1 amide bonds. The molecule has 1 aliphatic rings. The molecule has 0 radical (unpaired) electrons. The van der Waals surface area contributed by atoms with Gasteiger partial charge in [0.15, 0.2) is 16.7 Å². The number of hydrogen-bond acceptors (Lipinski definition) is 6. The van der Waals surface area contributed by atoms with Crippen LogP contribution in [0.3, 0.4) is 0 Å². The summed E-state index contributed by atoms with van der Waals surface area (Å²) in [6, 6.07) is 8.88. The van der Waals surface area contributed by atoms with Crippen molar-refractivity contribution >= 4 is 40.9 Å². The van der Waals surface area contributed by atoms with Gasteiger partial charge in [-0.15, -0.1) is 12.4 Å². The summed E-state index contributed by atoms with van der Waals surface area (Å²) in [6.07, 6.45) is 1.22. The van der Waals surface area contributed by atoms with Gasteiger partial charge in [0.05, 0.1) is 5.54 Å². The third-order valence-electron chi connectivity index (χ3n) is 4.71. The molecule has 0 aliphatic carbocycles. The zero-order valence-corrected chi connectivity index (χ0v) is 17.4. The Morgan fingerprint density at radius 1 is 1.28 bits per heavy atom. The van der Waals surface area contributed by atoms with Crippen molar-refractivity contribution in [2.24, 2.45) is 10.7 Å². The first-order chi connectivity index (χ1) is 13.3. The van der Waals surface area contributed by atoms with Crippen LogP contribution >= 0.6 is 24.2 Å². The van der Waals surface area contributed by atoms with E-state index in [0.29, 0.717) is 29.3 Å².